The number of aryl methyl sites for hydroxylation is 1. The minimum Gasteiger partial charge on any atom is -0.495 e. The number of halogens is 2. The number of hydrogen-bond donors (Lipinski definition) is 0. The summed E-state index contributed by atoms with van der Waals surface area (Å²) in [7, 11) is 1.45. The molecule has 0 bridgehead atoms. The number of carbonyl (C=O) groups excluding carboxylic acids is 2. The number of anilines is 1. The minimum atomic E-state index is -1.02. The number of ether oxygens (including phenoxy) is 1. The molecule has 0 aromatic heterocycles. The molecule has 0 aliphatic carbocycles. The van der Waals surface area contributed by atoms with Crippen LogP contribution in [0.4, 0.5) is 5.69 Å². The van der Waals surface area contributed by atoms with E-state index in [4.69, 9.17) is 32.8 Å². The first kappa shape index (κ1) is 17.8. The summed E-state index contributed by atoms with van der Waals surface area (Å²) in [6.45, 7) is 1.78. The Kier molecular flexibility index (Phi) is 4.32. The summed E-state index contributed by atoms with van der Waals surface area (Å²) in [6.07, 6.45) is -1.02. The van der Waals surface area contributed by atoms with Gasteiger partial charge in [0.15, 0.2) is 0 Å². The third-order valence-electron chi connectivity index (χ3n) is 4.66. The van der Waals surface area contributed by atoms with Crippen molar-refractivity contribution in [2.75, 3.05) is 12.0 Å². The second-order valence-electron chi connectivity index (χ2n) is 6.25. The lowest BCUT2D eigenvalue weighted by molar-refractivity contribution is -0.126. The predicted molar refractivity (Wildman–Crippen MR) is 102 cm³/mol. The number of hydrogen-bond acceptors (Lipinski definition) is 5. The maximum absolute atomic E-state index is 13.2. The van der Waals surface area contributed by atoms with Gasteiger partial charge in [-0.3, -0.25) is 9.59 Å². The average Bonchev–Trinajstić information content (AvgIpc) is 3.18. The van der Waals surface area contributed by atoms with Crippen LogP contribution < -0.4 is 9.64 Å². The fourth-order valence-corrected chi connectivity index (χ4v) is 3.68. The predicted octanol–water partition coefficient (Wildman–Crippen LogP) is 3.60. The van der Waals surface area contributed by atoms with E-state index in [9.17, 15) is 9.59 Å². The van der Waals surface area contributed by atoms with Crippen LogP contribution >= 0.6 is 23.2 Å². The van der Waals surface area contributed by atoms with Crippen molar-refractivity contribution in [3.8, 4) is 5.75 Å². The standard InChI is InChI=1S/C19H14Cl2N2O4/c1-9-7-13(14(26-2)8-12(9)21)23-18(24)15-16(22-27-17(15)19(23)25)10-5-3-4-6-11(10)20/h3-8,15,17H,1-2H3/t15-,17+/m0/s1. The largest absolute Gasteiger partial charge is 0.495 e. The molecule has 2 aromatic carbocycles. The van der Waals surface area contributed by atoms with E-state index in [0.717, 1.165) is 4.90 Å². The molecule has 1 saturated heterocycles. The fourth-order valence-electron chi connectivity index (χ4n) is 3.29. The Morgan fingerprint density at radius 2 is 1.85 bits per heavy atom. The van der Waals surface area contributed by atoms with Crippen LogP contribution in [0.25, 0.3) is 0 Å². The van der Waals surface area contributed by atoms with Crippen molar-refractivity contribution in [2.24, 2.45) is 11.1 Å². The van der Waals surface area contributed by atoms with Crippen LogP contribution in [0.3, 0.4) is 0 Å². The summed E-state index contributed by atoms with van der Waals surface area (Å²) in [5, 5.41) is 4.87. The highest BCUT2D eigenvalue weighted by Crippen LogP contribution is 2.41. The number of carbonyl (C=O) groups is 2. The SMILES string of the molecule is COc1cc(Cl)c(C)cc1N1C(=O)[C@H]2C(c3ccccc3Cl)=NO[C@H]2C1=O. The molecule has 4 rings (SSSR count). The lowest BCUT2D eigenvalue weighted by Crippen LogP contribution is -2.33. The molecule has 2 aliphatic rings. The van der Waals surface area contributed by atoms with Crippen molar-refractivity contribution in [1.29, 1.82) is 0 Å². The summed E-state index contributed by atoms with van der Waals surface area (Å²) in [6, 6.07) is 10.2. The topological polar surface area (TPSA) is 68.2 Å². The number of rotatable bonds is 3. The molecule has 2 aromatic rings. The molecule has 0 N–H and O–H groups in total. The van der Waals surface area contributed by atoms with Gasteiger partial charge in [-0.25, -0.2) is 4.90 Å². The van der Waals surface area contributed by atoms with Crippen LogP contribution in [0, 0.1) is 12.8 Å². The Balaban J connectivity index is 1.77. The molecule has 27 heavy (non-hydrogen) atoms. The third kappa shape index (κ3) is 2.67. The summed E-state index contributed by atoms with van der Waals surface area (Å²) >= 11 is 12.4. The van der Waals surface area contributed by atoms with Gasteiger partial charge in [0.05, 0.1) is 12.8 Å². The zero-order valence-corrected chi connectivity index (χ0v) is 15.9. The summed E-state index contributed by atoms with van der Waals surface area (Å²) in [5.74, 6) is -1.49. The molecule has 8 heteroatoms. The second-order valence-corrected chi connectivity index (χ2v) is 7.06. The van der Waals surface area contributed by atoms with E-state index < -0.39 is 23.8 Å². The van der Waals surface area contributed by atoms with Gasteiger partial charge in [-0.15, -0.1) is 0 Å². The van der Waals surface area contributed by atoms with Crippen molar-refractivity contribution in [2.45, 2.75) is 13.0 Å². The molecule has 138 valence electrons. The molecule has 0 spiro atoms. The quantitative estimate of drug-likeness (QED) is 0.732. The number of methoxy groups -OCH3 is 1. The van der Waals surface area contributed by atoms with Crippen molar-refractivity contribution in [3.63, 3.8) is 0 Å². The van der Waals surface area contributed by atoms with Gasteiger partial charge < -0.3 is 9.57 Å². The molecule has 6 nitrogen and oxygen atoms in total. The van der Waals surface area contributed by atoms with Crippen LogP contribution in [0.1, 0.15) is 11.1 Å². The van der Waals surface area contributed by atoms with Gasteiger partial charge in [0, 0.05) is 21.7 Å². The van der Waals surface area contributed by atoms with E-state index in [2.05, 4.69) is 5.16 Å². The highest BCUT2D eigenvalue weighted by Gasteiger charge is 2.56. The Labute approximate surface area is 165 Å². The highest BCUT2D eigenvalue weighted by molar-refractivity contribution is 6.38. The maximum Gasteiger partial charge on any atom is 0.279 e. The second kappa shape index (κ2) is 6.55. The number of nitrogens with zero attached hydrogens (tertiary/aromatic N) is 2. The molecule has 2 heterocycles. The van der Waals surface area contributed by atoms with Crippen molar-refractivity contribution in [1.82, 2.24) is 0 Å². The van der Waals surface area contributed by atoms with Crippen LogP contribution in [-0.4, -0.2) is 30.7 Å². The molecule has 0 saturated carbocycles. The minimum absolute atomic E-state index is 0.323. The van der Waals surface area contributed by atoms with Gasteiger partial charge in [-0.1, -0.05) is 46.6 Å². The van der Waals surface area contributed by atoms with Gasteiger partial charge in [-0.05, 0) is 24.6 Å². The van der Waals surface area contributed by atoms with Gasteiger partial charge >= 0.3 is 0 Å². The van der Waals surface area contributed by atoms with E-state index in [1.54, 1.807) is 43.3 Å². The summed E-state index contributed by atoms with van der Waals surface area (Å²) < 4.78 is 5.32. The summed E-state index contributed by atoms with van der Waals surface area (Å²) in [4.78, 5) is 32.5. The van der Waals surface area contributed by atoms with Crippen LogP contribution in [-0.2, 0) is 14.4 Å². The molecular formula is C19H14Cl2N2O4. The van der Waals surface area contributed by atoms with Gasteiger partial charge in [0.2, 0.25) is 12.0 Å². The molecule has 2 aliphatic heterocycles. The van der Waals surface area contributed by atoms with Crippen LogP contribution in [0.5, 0.6) is 5.75 Å². The molecule has 2 amide bonds. The zero-order chi connectivity index (χ0) is 19.3. The average molecular weight is 405 g/mol. The van der Waals surface area contributed by atoms with Gasteiger partial charge in [-0.2, -0.15) is 0 Å². The van der Waals surface area contributed by atoms with E-state index in [1.807, 2.05) is 0 Å². The van der Waals surface area contributed by atoms with E-state index in [-0.39, 0.29) is 0 Å². The van der Waals surface area contributed by atoms with E-state index >= 15 is 0 Å². The van der Waals surface area contributed by atoms with Gasteiger partial charge in [0.25, 0.3) is 5.91 Å². The lowest BCUT2D eigenvalue weighted by Gasteiger charge is -2.19. The Morgan fingerprint density at radius 3 is 2.56 bits per heavy atom. The number of oxime groups is 1. The zero-order valence-electron chi connectivity index (χ0n) is 14.4. The molecule has 2 atom stereocenters. The molecule has 0 radical (unpaired) electrons. The number of imide groups is 1. The Morgan fingerprint density at radius 1 is 1.11 bits per heavy atom. The molecule has 1 fully saturated rings. The monoisotopic (exact) mass is 404 g/mol. The lowest BCUT2D eigenvalue weighted by atomic mass is 9.94. The first-order valence-corrected chi connectivity index (χ1v) is 8.90. The number of benzene rings is 2. The van der Waals surface area contributed by atoms with Crippen molar-refractivity contribution in [3.05, 3.63) is 57.6 Å². The van der Waals surface area contributed by atoms with Crippen molar-refractivity contribution >= 4 is 46.4 Å². The van der Waals surface area contributed by atoms with E-state index in [1.165, 1.54) is 7.11 Å². The van der Waals surface area contributed by atoms with Crippen LogP contribution in [0.15, 0.2) is 41.6 Å². The Bertz CT molecular complexity index is 1010. The number of amides is 2. The first-order valence-electron chi connectivity index (χ1n) is 8.14. The van der Waals surface area contributed by atoms with E-state index in [0.29, 0.717) is 38.3 Å². The van der Waals surface area contributed by atoms with Crippen LogP contribution in [0.2, 0.25) is 10.0 Å². The molecular weight excluding hydrogens is 391 g/mol. The number of fused-ring (bicyclic) bond motifs is 1. The van der Waals surface area contributed by atoms with Crippen molar-refractivity contribution < 1.29 is 19.2 Å². The maximum atomic E-state index is 13.2. The summed E-state index contributed by atoms with van der Waals surface area (Å²) in [5.41, 5.74) is 1.95. The molecule has 0 unspecified atom stereocenters. The fraction of sp³-hybridized carbons (Fsp3) is 0.211. The normalized spacial score (nSPS) is 21.2. The smallest absolute Gasteiger partial charge is 0.279 e. The van der Waals surface area contributed by atoms with Gasteiger partial charge in [0.1, 0.15) is 17.4 Å². The first-order chi connectivity index (χ1) is 12.9. The highest BCUT2D eigenvalue weighted by atomic mass is 35.5. The Hall–Kier alpha value is -2.57. The third-order valence-corrected chi connectivity index (χ3v) is 5.40.